The lowest BCUT2D eigenvalue weighted by Crippen LogP contribution is -2.37. The van der Waals surface area contributed by atoms with E-state index in [0.717, 1.165) is 12.8 Å². The van der Waals surface area contributed by atoms with Gasteiger partial charge in [-0.1, -0.05) is 43.9 Å². The summed E-state index contributed by atoms with van der Waals surface area (Å²) < 4.78 is 13.9. The molecule has 0 unspecified atom stereocenters. The van der Waals surface area contributed by atoms with Crippen LogP contribution in [0.4, 0.5) is 4.39 Å². The second-order valence-corrected chi connectivity index (χ2v) is 5.43. The molecule has 3 heteroatoms. The SMILES string of the molecule is OCC(CO)(CC1CCCC1)c1ccccc1F. The molecule has 0 bridgehead atoms. The van der Waals surface area contributed by atoms with Crippen LogP contribution >= 0.6 is 0 Å². The predicted octanol–water partition coefficient (Wildman–Crippen LogP) is 2.63. The van der Waals surface area contributed by atoms with Crippen molar-refractivity contribution in [2.24, 2.45) is 5.92 Å². The smallest absolute Gasteiger partial charge is 0.127 e. The number of halogens is 1. The Kier molecular flexibility index (Phi) is 4.36. The van der Waals surface area contributed by atoms with Crippen LogP contribution in [-0.4, -0.2) is 23.4 Å². The molecule has 1 saturated carbocycles. The Hall–Kier alpha value is -0.930. The van der Waals surface area contributed by atoms with E-state index in [1.807, 2.05) is 0 Å². The van der Waals surface area contributed by atoms with E-state index < -0.39 is 5.41 Å². The number of aliphatic hydroxyl groups is 2. The van der Waals surface area contributed by atoms with Crippen LogP contribution in [0.1, 0.15) is 37.7 Å². The molecule has 0 aromatic heterocycles. The Morgan fingerprint density at radius 1 is 1.11 bits per heavy atom. The van der Waals surface area contributed by atoms with E-state index in [2.05, 4.69) is 0 Å². The highest BCUT2D eigenvalue weighted by Crippen LogP contribution is 2.38. The number of benzene rings is 1. The highest BCUT2D eigenvalue weighted by Gasteiger charge is 2.36. The summed E-state index contributed by atoms with van der Waals surface area (Å²) >= 11 is 0. The van der Waals surface area contributed by atoms with Crippen molar-refractivity contribution >= 4 is 0 Å². The van der Waals surface area contributed by atoms with E-state index in [1.54, 1.807) is 18.2 Å². The fourth-order valence-electron chi connectivity index (χ4n) is 3.12. The zero-order valence-electron chi connectivity index (χ0n) is 10.6. The molecule has 0 atom stereocenters. The van der Waals surface area contributed by atoms with Gasteiger partial charge >= 0.3 is 0 Å². The fourth-order valence-corrected chi connectivity index (χ4v) is 3.12. The minimum Gasteiger partial charge on any atom is -0.395 e. The standard InChI is InChI=1S/C15H21FO2/c16-14-8-4-3-7-13(14)15(10-17,11-18)9-12-5-1-2-6-12/h3-4,7-8,12,17-18H,1-2,5-6,9-11H2. The molecule has 0 aliphatic heterocycles. The van der Waals surface area contributed by atoms with Crippen LogP contribution in [0.5, 0.6) is 0 Å². The van der Waals surface area contributed by atoms with Crippen LogP contribution in [0.15, 0.2) is 24.3 Å². The van der Waals surface area contributed by atoms with E-state index in [9.17, 15) is 14.6 Å². The van der Waals surface area contributed by atoms with E-state index in [4.69, 9.17) is 0 Å². The van der Waals surface area contributed by atoms with E-state index >= 15 is 0 Å². The molecule has 2 rings (SSSR count). The maximum absolute atomic E-state index is 13.9. The third-order valence-electron chi connectivity index (χ3n) is 4.20. The van der Waals surface area contributed by atoms with Gasteiger partial charge < -0.3 is 10.2 Å². The minimum atomic E-state index is -0.833. The molecular formula is C15H21FO2. The Morgan fingerprint density at radius 3 is 2.28 bits per heavy atom. The van der Waals surface area contributed by atoms with Gasteiger partial charge in [-0.3, -0.25) is 0 Å². The van der Waals surface area contributed by atoms with Crippen molar-refractivity contribution in [2.45, 2.75) is 37.5 Å². The normalized spacial score (nSPS) is 17.3. The quantitative estimate of drug-likeness (QED) is 0.845. The Morgan fingerprint density at radius 2 is 1.72 bits per heavy atom. The number of rotatable bonds is 5. The minimum absolute atomic E-state index is 0.207. The topological polar surface area (TPSA) is 40.5 Å². The predicted molar refractivity (Wildman–Crippen MR) is 68.8 cm³/mol. The summed E-state index contributed by atoms with van der Waals surface area (Å²) in [6, 6.07) is 6.46. The molecule has 1 fully saturated rings. The highest BCUT2D eigenvalue weighted by atomic mass is 19.1. The van der Waals surface area contributed by atoms with Crippen LogP contribution in [0.3, 0.4) is 0 Å². The van der Waals surface area contributed by atoms with Gasteiger partial charge in [0.25, 0.3) is 0 Å². The van der Waals surface area contributed by atoms with Crippen molar-refractivity contribution in [3.63, 3.8) is 0 Å². The molecule has 2 N–H and O–H groups in total. The van der Waals surface area contributed by atoms with Gasteiger partial charge in [0.05, 0.1) is 13.2 Å². The second-order valence-electron chi connectivity index (χ2n) is 5.43. The summed E-state index contributed by atoms with van der Waals surface area (Å²) in [7, 11) is 0. The molecule has 1 aliphatic rings. The van der Waals surface area contributed by atoms with E-state index in [-0.39, 0.29) is 19.0 Å². The number of hydrogen-bond donors (Lipinski definition) is 2. The van der Waals surface area contributed by atoms with Crippen molar-refractivity contribution in [3.8, 4) is 0 Å². The van der Waals surface area contributed by atoms with Gasteiger partial charge in [0.2, 0.25) is 0 Å². The molecule has 2 nitrogen and oxygen atoms in total. The number of hydrogen-bond acceptors (Lipinski definition) is 2. The third-order valence-corrected chi connectivity index (χ3v) is 4.20. The van der Waals surface area contributed by atoms with Gasteiger partial charge in [0, 0.05) is 5.41 Å². The first-order valence-electron chi connectivity index (χ1n) is 6.68. The molecule has 1 aromatic rings. The van der Waals surface area contributed by atoms with Crippen LogP contribution in [-0.2, 0) is 5.41 Å². The summed E-state index contributed by atoms with van der Waals surface area (Å²) in [6.45, 7) is -0.415. The molecule has 0 heterocycles. The molecule has 0 saturated heterocycles. The second kappa shape index (κ2) is 5.81. The lowest BCUT2D eigenvalue weighted by molar-refractivity contribution is 0.0927. The monoisotopic (exact) mass is 252 g/mol. The van der Waals surface area contributed by atoms with Gasteiger partial charge in [-0.15, -0.1) is 0 Å². The van der Waals surface area contributed by atoms with E-state index in [0.29, 0.717) is 17.9 Å². The maximum Gasteiger partial charge on any atom is 0.127 e. The van der Waals surface area contributed by atoms with Gasteiger partial charge in [0.1, 0.15) is 5.82 Å². The molecule has 18 heavy (non-hydrogen) atoms. The zero-order chi connectivity index (χ0) is 13.0. The number of aliphatic hydroxyl groups excluding tert-OH is 2. The van der Waals surface area contributed by atoms with Crippen LogP contribution < -0.4 is 0 Å². The first kappa shape index (κ1) is 13.5. The molecular weight excluding hydrogens is 231 g/mol. The van der Waals surface area contributed by atoms with E-state index in [1.165, 1.54) is 18.9 Å². The van der Waals surface area contributed by atoms with Gasteiger partial charge in [0.15, 0.2) is 0 Å². The summed E-state index contributed by atoms with van der Waals surface area (Å²) in [5.74, 6) is 0.155. The van der Waals surface area contributed by atoms with Crippen molar-refractivity contribution < 1.29 is 14.6 Å². The molecule has 0 radical (unpaired) electrons. The van der Waals surface area contributed by atoms with Crippen LogP contribution in [0.25, 0.3) is 0 Å². The lowest BCUT2D eigenvalue weighted by Gasteiger charge is -2.33. The first-order valence-corrected chi connectivity index (χ1v) is 6.68. The molecule has 0 amide bonds. The molecule has 1 aliphatic carbocycles. The average molecular weight is 252 g/mol. The fraction of sp³-hybridized carbons (Fsp3) is 0.600. The van der Waals surface area contributed by atoms with Gasteiger partial charge in [-0.2, -0.15) is 0 Å². The van der Waals surface area contributed by atoms with Crippen LogP contribution in [0.2, 0.25) is 0 Å². The largest absolute Gasteiger partial charge is 0.395 e. The molecule has 1 aromatic carbocycles. The summed E-state index contributed by atoms with van der Waals surface area (Å²) in [4.78, 5) is 0. The lowest BCUT2D eigenvalue weighted by atomic mass is 9.74. The Balaban J connectivity index is 2.27. The molecule has 0 spiro atoms. The summed E-state index contributed by atoms with van der Waals surface area (Å²) in [6.07, 6.45) is 5.32. The van der Waals surface area contributed by atoms with Gasteiger partial charge in [-0.25, -0.2) is 4.39 Å². The van der Waals surface area contributed by atoms with Crippen molar-refractivity contribution in [1.82, 2.24) is 0 Å². The van der Waals surface area contributed by atoms with Crippen LogP contribution in [0, 0.1) is 11.7 Å². The summed E-state index contributed by atoms with van der Waals surface area (Å²) in [5.41, 5.74) is -0.387. The van der Waals surface area contributed by atoms with Gasteiger partial charge in [-0.05, 0) is 24.0 Å². The van der Waals surface area contributed by atoms with Crippen molar-refractivity contribution in [2.75, 3.05) is 13.2 Å². The Labute approximate surface area is 107 Å². The third kappa shape index (κ3) is 2.57. The maximum atomic E-state index is 13.9. The summed E-state index contributed by atoms with van der Waals surface area (Å²) in [5, 5.41) is 19.4. The average Bonchev–Trinajstić information content (AvgIpc) is 2.90. The first-order chi connectivity index (χ1) is 8.72. The van der Waals surface area contributed by atoms with Crippen molar-refractivity contribution in [1.29, 1.82) is 0 Å². The zero-order valence-corrected chi connectivity index (χ0v) is 10.6. The highest BCUT2D eigenvalue weighted by molar-refractivity contribution is 5.27. The molecule has 100 valence electrons. The van der Waals surface area contributed by atoms with Crippen molar-refractivity contribution in [3.05, 3.63) is 35.6 Å². The Bertz CT molecular complexity index is 382.